The summed E-state index contributed by atoms with van der Waals surface area (Å²) in [5.74, 6) is 0.610. The van der Waals surface area contributed by atoms with Gasteiger partial charge in [0.15, 0.2) is 6.10 Å². The fourth-order valence-electron chi connectivity index (χ4n) is 2.17. The Morgan fingerprint density at radius 1 is 1.00 bits per heavy atom. The zero-order chi connectivity index (χ0) is 16.3. The lowest BCUT2D eigenvalue weighted by Crippen LogP contribution is -2.24. The highest BCUT2D eigenvalue weighted by molar-refractivity contribution is 5.99. The molecule has 0 aliphatic carbocycles. The molecule has 0 saturated carbocycles. The third-order valence-electron chi connectivity index (χ3n) is 3.60. The van der Waals surface area contributed by atoms with Crippen molar-refractivity contribution in [1.29, 1.82) is 0 Å². The summed E-state index contributed by atoms with van der Waals surface area (Å²) in [7, 11) is 0. The van der Waals surface area contributed by atoms with Crippen molar-refractivity contribution in [1.82, 2.24) is 0 Å². The van der Waals surface area contributed by atoms with Crippen LogP contribution in [-0.2, 0) is 5.41 Å². The van der Waals surface area contributed by atoms with E-state index in [9.17, 15) is 4.79 Å². The van der Waals surface area contributed by atoms with Crippen LogP contribution in [0.25, 0.3) is 0 Å². The lowest BCUT2D eigenvalue weighted by atomic mass is 9.86. The second kappa shape index (κ2) is 6.22. The van der Waals surface area contributed by atoms with Crippen LogP contribution in [0.4, 0.5) is 5.69 Å². The molecule has 0 saturated heterocycles. The first-order chi connectivity index (χ1) is 10.3. The highest BCUT2D eigenvalue weighted by Crippen LogP contribution is 2.23. The number of carbonyl (C=O) groups excluding carboxylic acids is 1. The second-order valence-electron chi connectivity index (χ2n) is 6.52. The molecule has 0 amide bonds. The van der Waals surface area contributed by atoms with Gasteiger partial charge < -0.3 is 10.5 Å². The van der Waals surface area contributed by atoms with Gasteiger partial charge in [-0.15, -0.1) is 0 Å². The summed E-state index contributed by atoms with van der Waals surface area (Å²) < 4.78 is 5.68. The van der Waals surface area contributed by atoms with E-state index in [0.717, 1.165) is 0 Å². The molecular weight excluding hydrogens is 274 g/mol. The maximum Gasteiger partial charge on any atom is 0.202 e. The zero-order valence-corrected chi connectivity index (χ0v) is 13.6. The molecule has 0 radical (unpaired) electrons. The highest BCUT2D eigenvalue weighted by Gasteiger charge is 2.18. The van der Waals surface area contributed by atoms with Crippen LogP contribution in [0.5, 0.6) is 5.75 Å². The number of nitrogens with two attached hydrogens (primary N) is 1. The van der Waals surface area contributed by atoms with Gasteiger partial charge in [-0.1, -0.05) is 45.0 Å². The van der Waals surface area contributed by atoms with Crippen molar-refractivity contribution in [3.63, 3.8) is 0 Å². The van der Waals surface area contributed by atoms with Gasteiger partial charge in [-0.2, -0.15) is 0 Å². The Bertz CT molecular complexity index is 637. The van der Waals surface area contributed by atoms with Gasteiger partial charge in [0.2, 0.25) is 5.78 Å². The third-order valence-corrected chi connectivity index (χ3v) is 3.60. The van der Waals surface area contributed by atoms with E-state index in [4.69, 9.17) is 10.5 Å². The molecule has 1 atom stereocenters. The molecule has 0 heterocycles. The van der Waals surface area contributed by atoms with Crippen molar-refractivity contribution in [2.24, 2.45) is 0 Å². The number of carbonyl (C=O) groups is 1. The number of benzene rings is 2. The third kappa shape index (κ3) is 3.88. The minimum absolute atomic E-state index is 0.0303. The van der Waals surface area contributed by atoms with Gasteiger partial charge >= 0.3 is 0 Å². The van der Waals surface area contributed by atoms with Crippen molar-refractivity contribution in [2.75, 3.05) is 5.73 Å². The van der Waals surface area contributed by atoms with Crippen molar-refractivity contribution >= 4 is 11.5 Å². The number of anilines is 1. The summed E-state index contributed by atoms with van der Waals surface area (Å²) in [6.07, 6.45) is -0.538. The number of Topliss-reactive ketones (excluding diaryl/α,β-unsaturated/α-hetero) is 1. The Hall–Kier alpha value is -2.29. The molecule has 1 unspecified atom stereocenters. The highest BCUT2D eigenvalue weighted by atomic mass is 16.5. The summed E-state index contributed by atoms with van der Waals surface area (Å²) in [6.45, 7) is 8.21. The van der Waals surface area contributed by atoms with Crippen LogP contribution in [0.3, 0.4) is 0 Å². The number of rotatable bonds is 4. The van der Waals surface area contributed by atoms with E-state index in [0.29, 0.717) is 17.0 Å². The second-order valence-corrected chi connectivity index (χ2v) is 6.52. The molecule has 0 aliphatic heterocycles. The standard InChI is InChI=1S/C19H23NO2/c1-13(22-17-11-9-16(20)10-12-17)18(21)14-5-7-15(8-6-14)19(2,3)4/h5-13H,20H2,1-4H3. The lowest BCUT2D eigenvalue weighted by Gasteiger charge is -2.19. The van der Waals surface area contributed by atoms with Gasteiger partial charge in [-0.25, -0.2) is 0 Å². The predicted molar refractivity (Wildman–Crippen MR) is 90.4 cm³/mol. The SMILES string of the molecule is CC(Oc1ccc(N)cc1)C(=O)c1ccc(C(C)(C)C)cc1. The summed E-state index contributed by atoms with van der Waals surface area (Å²) in [5, 5.41) is 0. The maximum atomic E-state index is 12.4. The van der Waals surface area contributed by atoms with Gasteiger partial charge in [0, 0.05) is 11.3 Å². The molecule has 2 rings (SSSR count). The molecule has 0 aliphatic rings. The van der Waals surface area contributed by atoms with Gasteiger partial charge in [-0.05, 0) is 42.2 Å². The molecule has 3 nitrogen and oxygen atoms in total. The molecule has 0 aromatic heterocycles. The largest absolute Gasteiger partial charge is 0.483 e. The molecule has 3 heteroatoms. The molecule has 0 fully saturated rings. The molecule has 2 N–H and O–H groups in total. The smallest absolute Gasteiger partial charge is 0.202 e. The van der Waals surface area contributed by atoms with E-state index in [1.54, 1.807) is 31.2 Å². The number of hydrogen-bond acceptors (Lipinski definition) is 3. The molecule has 2 aromatic rings. The van der Waals surface area contributed by atoms with Crippen LogP contribution in [0.2, 0.25) is 0 Å². The number of hydrogen-bond donors (Lipinski definition) is 1. The van der Waals surface area contributed by atoms with E-state index >= 15 is 0 Å². The number of ether oxygens (including phenoxy) is 1. The Morgan fingerprint density at radius 2 is 1.55 bits per heavy atom. The minimum Gasteiger partial charge on any atom is -0.483 e. The first kappa shape index (κ1) is 16.1. The quantitative estimate of drug-likeness (QED) is 0.679. The van der Waals surface area contributed by atoms with E-state index < -0.39 is 6.10 Å². The van der Waals surface area contributed by atoms with Crippen LogP contribution in [0, 0.1) is 0 Å². The Kier molecular flexibility index (Phi) is 4.55. The molecular formula is C19H23NO2. The summed E-state index contributed by atoms with van der Waals surface area (Å²) in [6, 6.07) is 14.8. The van der Waals surface area contributed by atoms with Crippen molar-refractivity contribution in [3.8, 4) is 5.75 Å². The first-order valence-corrected chi connectivity index (χ1v) is 7.44. The average molecular weight is 297 g/mol. The molecule has 22 heavy (non-hydrogen) atoms. The van der Waals surface area contributed by atoms with E-state index in [1.165, 1.54) is 5.56 Å². The van der Waals surface area contributed by atoms with Crippen LogP contribution in [0.1, 0.15) is 43.6 Å². The van der Waals surface area contributed by atoms with Crippen LogP contribution < -0.4 is 10.5 Å². The topological polar surface area (TPSA) is 52.3 Å². The van der Waals surface area contributed by atoms with E-state index in [1.807, 2.05) is 24.3 Å². The van der Waals surface area contributed by atoms with Gasteiger partial charge in [0.25, 0.3) is 0 Å². The van der Waals surface area contributed by atoms with Crippen LogP contribution in [0.15, 0.2) is 48.5 Å². The monoisotopic (exact) mass is 297 g/mol. The molecule has 2 aromatic carbocycles. The fraction of sp³-hybridized carbons (Fsp3) is 0.316. The van der Waals surface area contributed by atoms with Crippen molar-refractivity contribution in [3.05, 3.63) is 59.7 Å². The van der Waals surface area contributed by atoms with Crippen LogP contribution in [-0.4, -0.2) is 11.9 Å². The first-order valence-electron chi connectivity index (χ1n) is 7.44. The Labute approximate surface area is 132 Å². The van der Waals surface area contributed by atoms with E-state index in [-0.39, 0.29) is 11.2 Å². The summed E-state index contributed by atoms with van der Waals surface area (Å²) >= 11 is 0. The Balaban J connectivity index is 2.08. The van der Waals surface area contributed by atoms with Crippen molar-refractivity contribution < 1.29 is 9.53 Å². The average Bonchev–Trinajstić information content (AvgIpc) is 2.48. The minimum atomic E-state index is -0.538. The maximum absolute atomic E-state index is 12.4. The normalized spacial score (nSPS) is 12.7. The fourth-order valence-corrected chi connectivity index (χ4v) is 2.17. The van der Waals surface area contributed by atoms with Gasteiger partial charge in [0.05, 0.1) is 0 Å². The predicted octanol–water partition coefficient (Wildman–Crippen LogP) is 4.22. The lowest BCUT2D eigenvalue weighted by molar-refractivity contribution is 0.0818. The number of nitrogen functional groups attached to an aromatic ring is 1. The molecule has 0 bridgehead atoms. The van der Waals surface area contributed by atoms with Gasteiger partial charge in [0.1, 0.15) is 5.75 Å². The summed E-state index contributed by atoms with van der Waals surface area (Å²) in [4.78, 5) is 12.4. The molecule has 0 spiro atoms. The Morgan fingerprint density at radius 3 is 2.05 bits per heavy atom. The summed E-state index contributed by atoms with van der Waals surface area (Å²) in [5.41, 5.74) is 8.25. The molecule has 116 valence electrons. The van der Waals surface area contributed by atoms with Crippen molar-refractivity contribution in [2.45, 2.75) is 39.2 Å². The number of ketones is 1. The zero-order valence-electron chi connectivity index (χ0n) is 13.6. The van der Waals surface area contributed by atoms with Crippen LogP contribution >= 0.6 is 0 Å². The van der Waals surface area contributed by atoms with Gasteiger partial charge in [-0.3, -0.25) is 4.79 Å². The van der Waals surface area contributed by atoms with E-state index in [2.05, 4.69) is 20.8 Å².